The molecule has 2 aliphatic heterocycles. The molecule has 0 saturated carbocycles. The number of nitrogens with two attached hydrogens (primary N) is 1. The van der Waals surface area contributed by atoms with Crippen molar-refractivity contribution in [1.29, 1.82) is 0 Å². The Balaban J connectivity index is 0.00000300. The number of amides is 2. The van der Waals surface area contributed by atoms with Crippen LogP contribution in [0.3, 0.4) is 0 Å². The molecule has 9 heteroatoms. The number of rotatable bonds is 5. The van der Waals surface area contributed by atoms with Crippen LogP contribution in [0.4, 0.5) is 4.79 Å². The summed E-state index contributed by atoms with van der Waals surface area (Å²) in [4.78, 5) is 17.7. The van der Waals surface area contributed by atoms with Crippen LogP contribution in [-0.2, 0) is 13.0 Å². The van der Waals surface area contributed by atoms with Gasteiger partial charge in [0.1, 0.15) is 17.6 Å². The molecule has 1 atom stereocenters. The number of primary amides is 1. The lowest BCUT2D eigenvalue weighted by Crippen LogP contribution is -2.50. The van der Waals surface area contributed by atoms with Crippen molar-refractivity contribution in [3.63, 3.8) is 0 Å². The molecule has 0 aliphatic carbocycles. The number of hydrogen-bond donors (Lipinski definition) is 3. The molecule has 1 fully saturated rings. The van der Waals surface area contributed by atoms with E-state index in [1.807, 2.05) is 13.0 Å². The number of likely N-dealkylation sites (tertiary alicyclic amines) is 1. The highest BCUT2D eigenvalue weighted by atomic mass is 127. The van der Waals surface area contributed by atoms with Crippen molar-refractivity contribution >= 4 is 36.0 Å². The van der Waals surface area contributed by atoms with Crippen LogP contribution in [0.25, 0.3) is 0 Å². The average Bonchev–Trinajstić information content (AvgIpc) is 3.04. The van der Waals surface area contributed by atoms with Crippen molar-refractivity contribution in [1.82, 2.24) is 15.5 Å². The fraction of sp³-hybridized carbons (Fsp3) is 0.600. The fourth-order valence-electron chi connectivity index (χ4n) is 3.72. The minimum absolute atomic E-state index is 0. The van der Waals surface area contributed by atoms with E-state index in [0.29, 0.717) is 19.6 Å². The van der Waals surface area contributed by atoms with Gasteiger partial charge in [-0.1, -0.05) is 0 Å². The molecule has 0 bridgehead atoms. The minimum atomic E-state index is -0.348. The van der Waals surface area contributed by atoms with Crippen LogP contribution >= 0.6 is 24.0 Å². The maximum Gasteiger partial charge on any atom is 0.314 e. The summed E-state index contributed by atoms with van der Waals surface area (Å²) >= 11 is 0. The first-order chi connectivity index (χ1) is 13.5. The monoisotopic (exact) mass is 517 g/mol. The van der Waals surface area contributed by atoms with E-state index >= 15 is 0 Å². The molecule has 1 saturated heterocycles. The summed E-state index contributed by atoms with van der Waals surface area (Å²) in [6.45, 7) is 6.71. The highest BCUT2D eigenvalue weighted by molar-refractivity contribution is 14.0. The first-order valence-electron chi connectivity index (χ1n) is 9.95. The second-order valence-corrected chi connectivity index (χ2v) is 7.34. The first-order valence-corrected chi connectivity index (χ1v) is 9.95. The van der Waals surface area contributed by atoms with E-state index in [1.165, 1.54) is 5.56 Å². The molecule has 1 unspecified atom stereocenters. The Morgan fingerprint density at radius 3 is 2.72 bits per heavy atom. The van der Waals surface area contributed by atoms with E-state index in [0.717, 1.165) is 48.8 Å². The summed E-state index contributed by atoms with van der Waals surface area (Å²) in [5.74, 6) is 2.53. The van der Waals surface area contributed by atoms with E-state index in [4.69, 9.17) is 20.2 Å². The normalized spacial score (nSPS) is 19.1. The summed E-state index contributed by atoms with van der Waals surface area (Å²) in [7, 11) is 1.68. The van der Waals surface area contributed by atoms with Crippen molar-refractivity contribution in [2.75, 3.05) is 26.7 Å². The van der Waals surface area contributed by atoms with Crippen molar-refractivity contribution < 1.29 is 14.3 Å². The van der Waals surface area contributed by atoms with Crippen LogP contribution in [-0.4, -0.2) is 55.8 Å². The van der Waals surface area contributed by atoms with Crippen LogP contribution in [0.2, 0.25) is 0 Å². The van der Waals surface area contributed by atoms with Gasteiger partial charge in [-0.15, -0.1) is 24.0 Å². The van der Waals surface area contributed by atoms with Gasteiger partial charge in [0.15, 0.2) is 5.96 Å². The molecule has 0 aromatic heterocycles. The van der Waals surface area contributed by atoms with Gasteiger partial charge in [0.05, 0.1) is 13.7 Å². The smallest absolute Gasteiger partial charge is 0.314 e. The van der Waals surface area contributed by atoms with Gasteiger partial charge < -0.3 is 30.7 Å². The number of nitrogens with one attached hydrogen (secondary N) is 2. The molecule has 4 N–H and O–H groups in total. The van der Waals surface area contributed by atoms with E-state index in [2.05, 4.69) is 23.6 Å². The lowest BCUT2D eigenvalue weighted by Gasteiger charge is -2.32. The number of fused-ring (bicyclic) bond motifs is 1. The zero-order valence-electron chi connectivity index (χ0n) is 17.4. The number of ether oxygens (including phenoxy) is 2. The van der Waals surface area contributed by atoms with Crippen molar-refractivity contribution in [3.8, 4) is 11.5 Å². The van der Waals surface area contributed by atoms with Crippen LogP contribution in [0.5, 0.6) is 11.5 Å². The number of hydrogen-bond acceptors (Lipinski definition) is 4. The number of methoxy groups -OCH3 is 1. The third kappa shape index (κ3) is 6.03. The number of benzene rings is 1. The lowest BCUT2D eigenvalue weighted by atomic mass is 10.1. The molecule has 2 aliphatic rings. The molecule has 29 heavy (non-hydrogen) atoms. The Kier molecular flexibility index (Phi) is 8.66. The molecular weight excluding hydrogens is 485 g/mol. The van der Waals surface area contributed by atoms with E-state index < -0.39 is 0 Å². The van der Waals surface area contributed by atoms with Gasteiger partial charge in [-0.25, -0.2) is 9.79 Å². The van der Waals surface area contributed by atoms with Gasteiger partial charge in [-0.3, -0.25) is 0 Å². The van der Waals surface area contributed by atoms with Crippen molar-refractivity contribution in [3.05, 3.63) is 23.3 Å². The highest BCUT2D eigenvalue weighted by Gasteiger charge is 2.23. The minimum Gasteiger partial charge on any atom is -0.496 e. The summed E-state index contributed by atoms with van der Waals surface area (Å²) in [6, 6.07) is 4.01. The Hall–Kier alpha value is -1.91. The largest absolute Gasteiger partial charge is 0.496 e. The van der Waals surface area contributed by atoms with E-state index in [1.54, 1.807) is 12.0 Å². The van der Waals surface area contributed by atoms with Gasteiger partial charge in [0.2, 0.25) is 0 Å². The van der Waals surface area contributed by atoms with Crippen molar-refractivity contribution in [2.24, 2.45) is 10.7 Å². The Bertz CT molecular complexity index is 735. The number of aliphatic imine (C=N–C) groups is 1. The standard InChI is InChI=1S/C20H31N5O3.HI/c1-4-22-20(24-16-5-7-25(8-6-16)19(21)26)23-12-15-11-18-14(9-13(2)28-18)10-17(15)27-3;/h10-11,13,16H,4-9,12H2,1-3H3,(H2,21,26)(H2,22,23,24);1H. The van der Waals surface area contributed by atoms with Gasteiger partial charge in [0, 0.05) is 43.2 Å². The fourth-order valence-corrected chi connectivity index (χ4v) is 3.72. The molecule has 3 rings (SSSR count). The van der Waals surface area contributed by atoms with Crippen LogP contribution < -0.4 is 25.8 Å². The third-order valence-corrected chi connectivity index (χ3v) is 5.20. The van der Waals surface area contributed by atoms with Crippen LogP contribution in [0, 0.1) is 0 Å². The zero-order valence-corrected chi connectivity index (χ0v) is 19.7. The van der Waals surface area contributed by atoms with E-state index in [-0.39, 0.29) is 42.2 Å². The molecule has 1 aromatic rings. The lowest BCUT2D eigenvalue weighted by molar-refractivity contribution is 0.188. The predicted octanol–water partition coefficient (Wildman–Crippen LogP) is 2.23. The second-order valence-electron chi connectivity index (χ2n) is 7.34. The molecule has 8 nitrogen and oxygen atoms in total. The molecule has 0 spiro atoms. The molecular formula is C20H32IN5O3. The highest BCUT2D eigenvalue weighted by Crippen LogP contribution is 2.35. The summed E-state index contributed by atoms with van der Waals surface area (Å²) < 4.78 is 11.4. The van der Waals surface area contributed by atoms with Gasteiger partial charge in [-0.2, -0.15) is 0 Å². The van der Waals surface area contributed by atoms with Crippen molar-refractivity contribution in [2.45, 2.75) is 51.8 Å². The third-order valence-electron chi connectivity index (χ3n) is 5.20. The maximum atomic E-state index is 11.3. The zero-order chi connectivity index (χ0) is 20.1. The van der Waals surface area contributed by atoms with Gasteiger partial charge >= 0.3 is 6.03 Å². The maximum absolute atomic E-state index is 11.3. The van der Waals surface area contributed by atoms with Gasteiger partial charge in [-0.05, 0) is 38.8 Å². The number of guanidine groups is 1. The number of halogens is 1. The Labute approximate surface area is 189 Å². The quantitative estimate of drug-likeness (QED) is 0.316. The first kappa shape index (κ1) is 23.4. The predicted molar refractivity (Wildman–Crippen MR) is 124 cm³/mol. The SMILES string of the molecule is CCNC(=NCc1cc2c(cc1OC)CC(C)O2)NC1CCN(C(N)=O)CC1.I. The van der Waals surface area contributed by atoms with Crippen LogP contribution in [0.15, 0.2) is 17.1 Å². The molecule has 162 valence electrons. The summed E-state index contributed by atoms with van der Waals surface area (Å²) in [5, 5.41) is 6.76. The molecule has 1 aromatic carbocycles. The average molecular weight is 517 g/mol. The second kappa shape index (κ2) is 10.7. The molecule has 2 amide bonds. The Morgan fingerprint density at radius 1 is 1.38 bits per heavy atom. The number of piperidine rings is 1. The number of urea groups is 1. The Morgan fingerprint density at radius 2 is 2.10 bits per heavy atom. The summed E-state index contributed by atoms with van der Waals surface area (Å²) in [5.41, 5.74) is 7.54. The summed E-state index contributed by atoms with van der Waals surface area (Å²) in [6.07, 6.45) is 2.80. The molecule has 2 heterocycles. The van der Waals surface area contributed by atoms with Gasteiger partial charge in [0.25, 0.3) is 0 Å². The van der Waals surface area contributed by atoms with E-state index in [9.17, 15) is 4.79 Å². The number of carbonyl (C=O) groups is 1. The van der Waals surface area contributed by atoms with Crippen LogP contribution in [0.1, 0.15) is 37.8 Å². The topological polar surface area (TPSA) is 101 Å². The number of carbonyl (C=O) groups excluding carboxylic acids is 1. The number of nitrogens with zero attached hydrogens (tertiary/aromatic N) is 2. The molecule has 0 radical (unpaired) electrons.